The lowest BCUT2D eigenvalue weighted by Crippen LogP contribution is -1.95. The van der Waals surface area contributed by atoms with Crippen LogP contribution in [0.3, 0.4) is 0 Å². The van der Waals surface area contributed by atoms with E-state index in [1.165, 1.54) is 6.07 Å². The molecule has 0 bridgehead atoms. The molecule has 0 unspecified atom stereocenters. The molecule has 0 aliphatic carbocycles. The van der Waals surface area contributed by atoms with E-state index in [1.807, 2.05) is 55.1 Å². The van der Waals surface area contributed by atoms with Crippen LogP contribution in [0.25, 0.3) is 27.9 Å². The van der Waals surface area contributed by atoms with Gasteiger partial charge in [0.25, 0.3) is 11.4 Å². The number of nitro benzene ring substituents is 2. The molecule has 178 valence electrons. The average molecular weight is 529 g/mol. The zero-order valence-electron chi connectivity index (χ0n) is 19.1. The lowest BCUT2D eigenvalue weighted by Gasteiger charge is -2.05. The van der Waals surface area contributed by atoms with E-state index >= 15 is 0 Å². The lowest BCUT2D eigenvalue weighted by molar-refractivity contribution is -0.384. The lowest BCUT2D eigenvalue weighted by atomic mass is 10.1. The van der Waals surface area contributed by atoms with Gasteiger partial charge in [-0.2, -0.15) is 0 Å². The number of fused-ring (bicyclic) bond motifs is 2. The zero-order valence-corrected chi connectivity index (χ0v) is 20.7. The van der Waals surface area contributed by atoms with Crippen molar-refractivity contribution in [2.45, 2.75) is 26.9 Å². The van der Waals surface area contributed by atoms with E-state index in [4.69, 9.17) is 4.74 Å². The van der Waals surface area contributed by atoms with Crippen molar-refractivity contribution in [1.82, 2.24) is 9.13 Å². The maximum absolute atomic E-state index is 11.0. The summed E-state index contributed by atoms with van der Waals surface area (Å²) in [5, 5.41) is 23.4. The molecule has 4 aromatic rings. The first kappa shape index (κ1) is 25.1. The minimum Gasteiger partial charge on any atom is -0.381 e. The van der Waals surface area contributed by atoms with Gasteiger partial charge < -0.3 is 13.9 Å². The first-order valence-electron chi connectivity index (χ1n) is 10.7. The molecule has 0 spiro atoms. The van der Waals surface area contributed by atoms with Gasteiger partial charge >= 0.3 is 0 Å². The Hall–Kier alpha value is -3.50. The molecule has 0 atom stereocenters. The Bertz CT molecular complexity index is 1370. The number of methoxy groups -OCH3 is 1. The Morgan fingerprint density at radius 3 is 1.97 bits per heavy atom. The van der Waals surface area contributed by atoms with Gasteiger partial charge in [0.15, 0.2) is 0 Å². The summed E-state index contributed by atoms with van der Waals surface area (Å²) in [5.74, 6) is 0. The van der Waals surface area contributed by atoms with E-state index in [1.54, 1.807) is 25.3 Å². The Morgan fingerprint density at radius 2 is 1.44 bits per heavy atom. The smallest absolute Gasteiger partial charge is 0.271 e. The number of nitro groups is 2. The predicted octanol–water partition coefficient (Wildman–Crippen LogP) is 6.56. The van der Waals surface area contributed by atoms with E-state index in [0.29, 0.717) is 6.61 Å². The predicted molar refractivity (Wildman–Crippen MR) is 137 cm³/mol. The van der Waals surface area contributed by atoms with Gasteiger partial charge in [0.1, 0.15) is 0 Å². The van der Waals surface area contributed by atoms with Crippen molar-refractivity contribution in [3.63, 3.8) is 0 Å². The number of aromatic nitrogens is 2. The summed E-state index contributed by atoms with van der Waals surface area (Å²) in [7, 11) is 1.61. The van der Waals surface area contributed by atoms with Gasteiger partial charge in [0.2, 0.25) is 0 Å². The fourth-order valence-corrected chi connectivity index (χ4v) is 4.47. The largest absolute Gasteiger partial charge is 0.381 e. The Balaban J connectivity index is 0.000000196. The van der Waals surface area contributed by atoms with Crippen molar-refractivity contribution < 1.29 is 14.6 Å². The molecule has 0 saturated carbocycles. The summed E-state index contributed by atoms with van der Waals surface area (Å²) < 4.78 is 9.85. The van der Waals surface area contributed by atoms with Crippen LogP contribution in [0.5, 0.6) is 0 Å². The summed E-state index contributed by atoms with van der Waals surface area (Å²) in [6, 6.07) is 10.1. The quantitative estimate of drug-likeness (QED) is 0.199. The second kappa shape index (κ2) is 11.1. The number of aryl methyl sites for hydroxylation is 2. The van der Waals surface area contributed by atoms with Crippen molar-refractivity contribution >= 4 is 55.2 Å². The van der Waals surface area contributed by atoms with E-state index < -0.39 is 0 Å². The number of hydrogen-bond acceptors (Lipinski definition) is 5. The number of nitrogens with zero attached hydrogens (tertiary/aromatic N) is 4. The highest BCUT2D eigenvalue weighted by Gasteiger charge is 2.13. The molecule has 9 nitrogen and oxygen atoms in total. The molecule has 2 aromatic heterocycles. The third-order valence-electron chi connectivity index (χ3n) is 5.34. The molecule has 4 rings (SSSR count). The summed E-state index contributed by atoms with van der Waals surface area (Å²) in [6.07, 6.45) is 7.59. The van der Waals surface area contributed by atoms with Crippen molar-refractivity contribution in [2.24, 2.45) is 0 Å². The van der Waals surface area contributed by atoms with Gasteiger partial charge in [0, 0.05) is 77.7 Å². The molecule has 0 radical (unpaired) electrons. The van der Waals surface area contributed by atoms with Crippen LogP contribution < -0.4 is 0 Å². The van der Waals surface area contributed by atoms with Crippen LogP contribution in [0, 0.1) is 20.2 Å². The highest BCUT2D eigenvalue weighted by molar-refractivity contribution is 9.10. The maximum Gasteiger partial charge on any atom is 0.271 e. The van der Waals surface area contributed by atoms with Crippen molar-refractivity contribution in [1.29, 1.82) is 0 Å². The average Bonchev–Trinajstić information content (AvgIpc) is 3.43. The zero-order chi connectivity index (χ0) is 24.8. The summed E-state index contributed by atoms with van der Waals surface area (Å²) in [6.45, 7) is 6.24. The highest BCUT2D eigenvalue weighted by atomic mass is 79.9. The number of rotatable bonds is 7. The number of halogens is 1. The standard InChI is InChI=1S/C14H16N2O3.C10H9BrN2O2/c1-3-15-7-6-12-10-13(16(17)18)9-11(14(12)15)5-4-8-19-2;1-2-12-4-3-7-5-8(13(14)15)6-9(11)10(7)12/h4-7,9-10H,3,8H2,1-2H3;3-6H,2H2,1H3/b5-4+;. The summed E-state index contributed by atoms with van der Waals surface area (Å²) in [4.78, 5) is 20.9. The van der Waals surface area contributed by atoms with E-state index in [2.05, 4.69) is 20.5 Å². The highest BCUT2D eigenvalue weighted by Crippen LogP contribution is 2.30. The van der Waals surface area contributed by atoms with Gasteiger partial charge in [-0.15, -0.1) is 0 Å². The van der Waals surface area contributed by atoms with E-state index in [-0.39, 0.29) is 21.2 Å². The maximum atomic E-state index is 11.0. The third-order valence-corrected chi connectivity index (χ3v) is 5.94. The molecule has 0 fully saturated rings. The minimum atomic E-state index is -0.381. The van der Waals surface area contributed by atoms with Crippen LogP contribution in [0.2, 0.25) is 0 Å². The van der Waals surface area contributed by atoms with Gasteiger partial charge in [-0.1, -0.05) is 12.2 Å². The van der Waals surface area contributed by atoms with Crippen molar-refractivity contribution in [2.75, 3.05) is 13.7 Å². The molecule has 10 heteroatoms. The molecule has 0 amide bonds. The van der Waals surface area contributed by atoms with Gasteiger partial charge in [-0.25, -0.2) is 0 Å². The first-order valence-corrected chi connectivity index (χ1v) is 11.5. The van der Waals surface area contributed by atoms with Crippen molar-refractivity contribution in [3.05, 3.63) is 85.1 Å². The summed E-state index contributed by atoms with van der Waals surface area (Å²) in [5.41, 5.74) is 3.08. The first-order chi connectivity index (χ1) is 16.3. The second-order valence-corrected chi connectivity index (χ2v) is 8.27. The van der Waals surface area contributed by atoms with Crippen LogP contribution >= 0.6 is 15.9 Å². The molecule has 2 aromatic carbocycles. The number of ether oxygens (including phenoxy) is 1. The van der Waals surface area contributed by atoms with Gasteiger partial charge in [-0.3, -0.25) is 20.2 Å². The molecule has 2 heterocycles. The number of hydrogen-bond donors (Lipinski definition) is 0. The topological polar surface area (TPSA) is 105 Å². The van der Waals surface area contributed by atoms with Crippen LogP contribution in [0.15, 0.2) is 59.3 Å². The van der Waals surface area contributed by atoms with E-state index in [0.717, 1.165) is 44.9 Å². The molecular formula is C24H25BrN4O5. The number of benzene rings is 2. The fraction of sp³-hybridized carbons (Fsp3) is 0.250. The van der Waals surface area contributed by atoms with E-state index in [9.17, 15) is 20.2 Å². The van der Waals surface area contributed by atoms with Gasteiger partial charge in [-0.05, 0) is 41.9 Å². The summed E-state index contributed by atoms with van der Waals surface area (Å²) >= 11 is 3.36. The minimum absolute atomic E-state index is 0.110. The molecule has 0 saturated heterocycles. The molecular weight excluding hydrogens is 504 g/mol. The SMILES string of the molecule is CCn1ccc2cc([N+](=O)[O-])cc(/C=C/COC)c21.CCn1ccc2cc([N+](=O)[O-])cc(Br)c21. The van der Waals surface area contributed by atoms with Crippen LogP contribution in [0.4, 0.5) is 11.4 Å². The van der Waals surface area contributed by atoms with Crippen LogP contribution in [-0.4, -0.2) is 32.7 Å². The normalized spacial score (nSPS) is 11.2. The Kier molecular flexibility index (Phi) is 8.19. The second-order valence-electron chi connectivity index (χ2n) is 7.41. The number of non-ortho nitro benzene ring substituents is 2. The molecule has 34 heavy (non-hydrogen) atoms. The monoisotopic (exact) mass is 528 g/mol. The van der Waals surface area contributed by atoms with Crippen LogP contribution in [-0.2, 0) is 17.8 Å². The Morgan fingerprint density at radius 1 is 0.912 bits per heavy atom. The third kappa shape index (κ3) is 5.35. The molecule has 0 N–H and O–H groups in total. The van der Waals surface area contributed by atoms with Gasteiger partial charge in [0.05, 0.1) is 27.5 Å². The Labute approximate surface area is 204 Å². The molecule has 0 aliphatic heterocycles. The molecule has 0 aliphatic rings. The van der Waals surface area contributed by atoms with Crippen molar-refractivity contribution in [3.8, 4) is 0 Å². The fourth-order valence-electron chi connectivity index (χ4n) is 3.78. The van der Waals surface area contributed by atoms with Crippen LogP contribution in [0.1, 0.15) is 19.4 Å².